The van der Waals surface area contributed by atoms with Gasteiger partial charge < -0.3 is 14.7 Å². The van der Waals surface area contributed by atoms with Crippen molar-refractivity contribution in [2.24, 2.45) is 5.92 Å². The Bertz CT molecular complexity index is 872. The standard InChI is InChI=1S/C21H25N3O3S/c1-14-11-19(23-27-14)22-21(26)16-7-9-24(10-8-16)20(25)13-28-18-6-5-15-3-2-4-17(15)12-18/h5-6,11-12,16H,2-4,7-10,13H2,1H3,(H,22,23,26). The Labute approximate surface area is 169 Å². The Balaban J connectivity index is 1.23. The second-order valence-electron chi connectivity index (χ2n) is 7.54. The normalized spacial score (nSPS) is 16.8. The maximum absolute atomic E-state index is 12.6. The highest BCUT2D eigenvalue weighted by Gasteiger charge is 2.27. The Hall–Kier alpha value is -2.28. The van der Waals surface area contributed by atoms with E-state index in [0.717, 1.165) is 6.42 Å². The number of rotatable bonds is 5. The molecule has 1 aromatic carbocycles. The summed E-state index contributed by atoms with van der Waals surface area (Å²) in [7, 11) is 0. The number of aryl methyl sites for hydroxylation is 3. The molecular formula is C21H25N3O3S. The molecule has 1 aromatic heterocycles. The van der Waals surface area contributed by atoms with E-state index in [-0.39, 0.29) is 17.7 Å². The van der Waals surface area contributed by atoms with E-state index in [1.165, 1.54) is 28.9 Å². The fourth-order valence-corrected chi connectivity index (χ4v) is 4.78. The number of aromatic nitrogens is 1. The van der Waals surface area contributed by atoms with Crippen LogP contribution >= 0.6 is 11.8 Å². The smallest absolute Gasteiger partial charge is 0.232 e. The predicted octanol–water partition coefficient (Wildman–Crippen LogP) is 3.44. The van der Waals surface area contributed by atoms with Gasteiger partial charge in [0, 0.05) is 30.0 Å². The van der Waals surface area contributed by atoms with Crippen molar-refractivity contribution in [1.82, 2.24) is 10.1 Å². The molecule has 2 heterocycles. The second-order valence-corrected chi connectivity index (χ2v) is 8.59. The van der Waals surface area contributed by atoms with Crippen molar-refractivity contribution in [3.05, 3.63) is 41.2 Å². The first-order valence-electron chi connectivity index (χ1n) is 9.85. The number of carbonyl (C=O) groups excluding carboxylic acids is 2. The summed E-state index contributed by atoms with van der Waals surface area (Å²) in [6.07, 6.45) is 4.93. The molecule has 1 saturated heterocycles. The fourth-order valence-electron chi connectivity index (χ4n) is 3.92. The van der Waals surface area contributed by atoms with Crippen LogP contribution in [0.25, 0.3) is 0 Å². The minimum Gasteiger partial charge on any atom is -0.360 e. The van der Waals surface area contributed by atoms with Crippen LogP contribution in [0.2, 0.25) is 0 Å². The van der Waals surface area contributed by atoms with E-state index in [1.807, 2.05) is 4.90 Å². The predicted molar refractivity (Wildman–Crippen MR) is 108 cm³/mol. The van der Waals surface area contributed by atoms with Gasteiger partial charge in [-0.2, -0.15) is 0 Å². The van der Waals surface area contributed by atoms with E-state index in [9.17, 15) is 9.59 Å². The highest BCUT2D eigenvalue weighted by Crippen LogP contribution is 2.28. The van der Waals surface area contributed by atoms with Gasteiger partial charge in [0.15, 0.2) is 5.82 Å². The lowest BCUT2D eigenvalue weighted by atomic mass is 9.96. The number of likely N-dealkylation sites (tertiary alicyclic amines) is 1. The summed E-state index contributed by atoms with van der Waals surface area (Å²) in [4.78, 5) is 28.0. The SMILES string of the molecule is Cc1cc(NC(=O)C2CCN(C(=O)CSc3ccc4c(c3)CCC4)CC2)no1. The summed E-state index contributed by atoms with van der Waals surface area (Å²) in [6, 6.07) is 8.27. The number of piperidine rings is 1. The van der Waals surface area contributed by atoms with Crippen LogP contribution in [0.15, 0.2) is 33.7 Å². The number of anilines is 1. The average molecular weight is 400 g/mol. The number of hydrogen-bond donors (Lipinski definition) is 1. The molecule has 148 valence electrons. The summed E-state index contributed by atoms with van der Waals surface area (Å²) >= 11 is 1.61. The lowest BCUT2D eigenvalue weighted by Crippen LogP contribution is -2.42. The molecular weight excluding hydrogens is 374 g/mol. The lowest BCUT2D eigenvalue weighted by Gasteiger charge is -2.31. The van der Waals surface area contributed by atoms with Crippen LogP contribution in [0.4, 0.5) is 5.82 Å². The first-order chi connectivity index (χ1) is 13.6. The first-order valence-corrected chi connectivity index (χ1v) is 10.8. The molecule has 1 aliphatic heterocycles. The molecule has 0 bridgehead atoms. The van der Waals surface area contributed by atoms with Crippen LogP contribution in [-0.2, 0) is 22.4 Å². The van der Waals surface area contributed by atoms with E-state index in [4.69, 9.17) is 4.52 Å². The van der Waals surface area contributed by atoms with Crippen molar-refractivity contribution in [3.8, 4) is 0 Å². The minimum atomic E-state index is -0.0922. The van der Waals surface area contributed by atoms with E-state index >= 15 is 0 Å². The molecule has 6 nitrogen and oxygen atoms in total. The molecule has 28 heavy (non-hydrogen) atoms. The van der Waals surface area contributed by atoms with Crippen LogP contribution in [0, 0.1) is 12.8 Å². The third-order valence-corrected chi connectivity index (χ3v) is 6.51. The summed E-state index contributed by atoms with van der Waals surface area (Å²) < 4.78 is 4.97. The van der Waals surface area contributed by atoms with E-state index in [2.05, 4.69) is 28.7 Å². The van der Waals surface area contributed by atoms with Gasteiger partial charge in [-0.15, -0.1) is 11.8 Å². The van der Waals surface area contributed by atoms with Crippen LogP contribution in [0.1, 0.15) is 36.1 Å². The summed E-state index contributed by atoms with van der Waals surface area (Å²) in [5.41, 5.74) is 2.89. The maximum Gasteiger partial charge on any atom is 0.232 e. The maximum atomic E-state index is 12.6. The molecule has 0 atom stereocenters. The van der Waals surface area contributed by atoms with Gasteiger partial charge in [-0.1, -0.05) is 11.2 Å². The number of nitrogens with one attached hydrogen (secondary N) is 1. The van der Waals surface area contributed by atoms with E-state index in [1.54, 1.807) is 24.8 Å². The summed E-state index contributed by atoms with van der Waals surface area (Å²) in [5, 5.41) is 6.59. The number of nitrogens with zero attached hydrogens (tertiary/aromatic N) is 2. The Morgan fingerprint density at radius 1 is 1.21 bits per heavy atom. The third-order valence-electron chi connectivity index (χ3n) is 5.53. The van der Waals surface area contributed by atoms with E-state index in [0.29, 0.717) is 43.3 Å². The average Bonchev–Trinajstić information content (AvgIpc) is 3.34. The number of fused-ring (bicyclic) bond motifs is 1. The number of hydrogen-bond acceptors (Lipinski definition) is 5. The van der Waals surface area contributed by atoms with Gasteiger partial charge in [0.25, 0.3) is 0 Å². The molecule has 4 rings (SSSR count). The number of benzene rings is 1. The molecule has 0 spiro atoms. The monoisotopic (exact) mass is 399 g/mol. The molecule has 1 aliphatic carbocycles. The highest BCUT2D eigenvalue weighted by molar-refractivity contribution is 8.00. The zero-order valence-corrected chi connectivity index (χ0v) is 16.9. The van der Waals surface area contributed by atoms with Gasteiger partial charge in [0.2, 0.25) is 11.8 Å². The molecule has 0 unspecified atom stereocenters. The fraction of sp³-hybridized carbons (Fsp3) is 0.476. The topological polar surface area (TPSA) is 75.4 Å². The van der Waals surface area contributed by atoms with Gasteiger partial charge in [-0.3, -0.25) is 9.59 Å². The molecule has 1 N–H and O–H groups in total. The van der Waals surface area contributed by atoms with E-state index < -0.39 is 0 Å². The highest BCUT2D eigenvalue weighted by atomic mass is 32.2. The molecule has 2 amide bonds. The quantitative estimate of drug-likeness (QED) is 0.780. The zero-order valence-electron chi connectivity index (χ0n) is 16.1. The van der Waals surface area contributed by atoms with Crippen LogP contribution < -0.4 is 5.32 Å². The van der Waals surface area contributed by atoms with Crippen molar-refractivity contribution in [3.63, 3.8) is 0 Å². The molecule has 0 saturated carbocycles. The summed E-state index contributed by atoms with van der Waals surface area (Å²) in [6.45, 7) is 3.03. The molecule has 2 aromatic rings. The number of carbonyl (C=O) groups is 2. The van der Waals surface area contributed by atoms with Crippen molar-refractivity contribution < 1.29 is 14.1 Å². The largest absolute Gasteiger partial charge is 0.360 e. The Kier molecular flexibility index (Phi) is 5.71. The number of thioether (sulfide) groups is 1. The second kappa shape index (κ2) is 8.39. The number of amides is 2. The lowest BCUT2D eigenvalue weighted by molar-refractivity contribution is -0.132. The zero-order chi connectivity index (χ0) is 19.5. The van der Waals surface area contributed by atoms with Crippen LogP contribution in [0.5, 0.6) is 0 Å². The molecule has 1 fully saturated rings. The third kappa shape index (κ3) is 4.41. The van der Waals surface area contributed by atoms with Gasteiger partial charge in [0.05, 0.1) is 5.75 Å². The van der Waals surface area contributed by atoms with Gasteiger partial charge in [-0.25, -0.2) is 0 Å². The van der Waals surface area contributed by atoms with Gasteiger partial charge in [-0.05, 0) is 62.3 Å². The van der Waals surface area contributed by atoms with Gasteiger partial charge in [0.1, 0.15) is 5.76 Å². The summed E-state index contributed by atoms with van der Waals surface area (Å²) in [5.74, 6) is 1.58. The molecule has 0 radical (unpaired) electrons. The van der Waals surface area contributed by atoms with Crippen molar-refractivity contribution in [2.75, 3.05) is 24.2 Å². The molecule has 2 aliphatic rings. The first kappa shape index (κ1) is 19.1. The van der Waals surface area contributed by atoms with Crippen molar-refractivity contribution in [1.29, 1.82) is 0 Å². The Morgan fingerprint density at radius 2 is 2.00 bits per heavy atom. The Morgan fingerprint density at radius 3 is 2.75 bits per heavy atom. The van der Waals surface area contributed by atoms with Crippen molar-refractivity contribution >= 4 is 29.4 Å². The van der Waals surface area contributed by atoms with Gasteiger partial charge >= 0.3 is 0 Å². The molecule has 7 heteroatoms. The van der Waals surface area contributed by atoms with Crippen LogP contribution in [-0.4, -0.2) is 40.7 Å². The minimum absolute atomic E-state index is 0.0482. The van der Waals surface area contributed by atoms with Crippen molar-refractivity contribution in [2.45, 2.75) is 43.9 Å². The van der Waals surface area contributed by atoms with Crippen LogP contribution in [0.3, 0.4) is 0 Å².